The highest BCUT2D eigenvalue weighted by molar-refractivity contribution is 6.06. The molecule has 5 heteroatoms. The molecule has 0 radical (unpaired) electrons. The summed E-state index contributed by atoms with van der Waals surface area (Å²) in [6, 6.07) is 11.0. The number of esters is 2. The molecule has 0 fully saturated rings. The maximum atomic E-state index is 12.8. The van der Waals surface area contributed by atoms with Crippen LogP contribution in [0.5, 0.6) is 5.75 Å². The fourth-order valence-corrected chi connectivity index (χ4v) is 2.57. The number of hydrogen-bond donors (Lipinski definition) is 0. The number of ether oxygens (including phenoxy) is 3. The average molecular weight is 344 g/mol. The van der Waals surface area contributed by atoms with Gasteiger partial charge in [0.05, 0.1) is 14.2 Å². The van der Waals surface area contributed by atoms with Crippen LogP contribution in [-0.2, 0) is 24.5 Å². The smallest absolute Gasteiger partial charge is 0.328 e. The van der Waals surface area contributed by atoms with Crippen molar-refractivity contribution in [2.45, 2.75) is 38.7 Å². The number of fused-ring (bicyclic) bond motifs is 1. The highest BCUT2D eigenvalue weighted by Gasteiger charge is 2.47. The molecule has 0 spiro atoms. The number of benzene rings is 2. The Hall–Kier alpha value is -2.56. The van der Waals surface area contributed by atoms with E-state index in [1.165, 1.54) is 14.0 Å². The van der Waals surface area contributed by atoms with Gasteiger partial charge in [-0.1, -0.05) is 18.2 Å². The van der Waals surface area contributed by atoms with Crippen LogP contribution in [0, 0.1) is 0 Å². The molecular formula is C20H24O5. The summed E-state index contributed by atoms with van der Waals surface area (Å²) in [6.45, 7) is 6.80. The summed E-state index contributed by atoms with van der Waals surface area (Å²) >= 11 is 0. The van der Waals surface area contributed by atoms with E-state index in [1.54, 1.807) is 40.0 Å². The highest BCUT2D eigenvalue weighted by atomic mass is 16.6. The van der Waals surface area contributed by atoms with Gasteiger partial charge in [0, 0.05) is 0 Å². The average Bonchev–Trinajstić information content (AvgIpc) is 2.57. The van der Waals surface area contributed by atoms with E-state index in [1.807, 2.05) is 24.3 Å². The van der Waals surface area contributed by atoms with E-state index in [9.17, 15) is 9.59 Å². The van der Waals surface area contributed by atoms with Crippen molar-refractivity contribution in [2.75, 3.05) is 14.2 Å². The molecule has 0 aromatic heterocycles. The summed E-state index contributed by atoms with van der Waals surface area (Å²) < 4.78 is 15.6. The molecule has 0 amide bonds. The first-order valence-electron chi connectivity index (χ1n) is 8.02. The molecule has 0 aliphatic heterocycles. The Balaban J connectivity index is 2.56. The first-order chi connectivity index (χ1) is 11.6. The van der Waals surface area contributed by atoms with Crippen molar-refractivity contribution in [2.24, 2.45) is 0 Å². The van der Waals surface area contributed by atoms with Gasteiger partial charge in [0.1, 0.15) is 11.4 Å². The second-order valence-corrected chi connectivity index (χ2v) is 7.05. The Morgan fingerprint density at radius 3 is 2.00 bits per heavy atom. The summed E-state index contributed by atoms with van der Waals surface area (Å²) in [4.78, 5) is 25.2. The normalized spacial score (nSPS) is 13.8. The lowest BCUT2D eigenvalue weighted by atomic mass is 9.81. The van der Waals surface area contributed by atoms with Crippen molar-refractivity contribution in [1.29, 1.82) is 0 Å². The molecule has 0 saturated heterocycles. The van der Waals surface area contributed by atoms with Gasteiger partial charge in [-0.05, 0) is 62.2 Å². The van der Waals surface area contributed by atoms with Crippen LogP contribution in [0.2, 0.25) is 0 Å². The summed E-state index contributed by atoms with van der Waals surface area (Å²) in [5.41, 5.74) is -1.74. The van der Waals surface area contributed by atoms with Crippen molar-refractivity contribution < 1.29 is 23.8 Å². The SMILES string of the molecule is COC(=O)[C@@](C)(C(=O)OC(C)(C)C)c1ccc2cc(OC)ccc2c1. The van der Waals surface area contributed by atoms with Gasteiger partial charge >= 0.3 is 11.9 Å². The Kier molecular flexibility index (Phi) is 5.07. The maximum absolute atomic E-state index is 12.8. The van der Waals surface area contributed by atoms with Gasteiger partial charge in [0.25, 0.3) is 0 Å². The van der Waals surface area contributed by atoms with Crippen molar-refractivity contribution in [3.8, 4) is 5.75 Å². The first-order valence-corrected chi connectivity index (χ1v) is 8.02. The first kappa shape index (κ1) is 18.8. The third-order valence-electron chi connectivity index (χ3n) is 4.03. The molecule has 2 rings (SSSR count). The van der Waals surface area contributed by atoms with Crippen LogP contribution in [0.1, 0.15) is 33.3 Å². The number of hydrogen-bond acceptors (Lipinski definition) is 5. The molecule has 2 aromatic carbocycles. The van der Waals surface area contributed by atoms with E-state index in [4.69, 9.17) is 14.2 Å². The van der Waals surface area contributed by atoms with Crippen molar-refractivity contribution in [1.82, 2.24) is 0 Å². The van der Waals surface area contributed by atoms with Gasteiger partial charge in [0.15, 0.2) is 5.41 Å². The van der Waals surface area contributed by atoms with Gasteiger partial charge in [-0.15, -0.1) is 0 Å². The predicted octanol–water partition coefficient (Wildman–Crippen LogP) is 3.62. The molecule has 0 unspecified atom stereocenters. The van der Waals surface area contributed by atoms with Gasteiger partial charge in [-0.2, -0.15) is 0 Å². The molecular weight excluding hydrogens is 320 g/mol. The summed E-state index contributed by atoms with van der Waals surface area (Å²) in [5.74, 6) is -0.558. The predicted molar refractivity (Wildman–Crippen MR) is 95.7 cm³/mol. The lowest BCUT2D eigenvalue weighted by Crippen LogP contribution is -2.45. The lowest BCUT2D eigenvalue weighted by Gasteiger charge is -2.29. The molecule has 134 valence electrons. The molecule has 5 nitrogen and oxygen atoms in total. The Labute approximate surface area is 147 Å². The van der Waals surface area contributed by atoms with E-state index in [-0.39, 0.29) is 0 Å². The molecule has 1 atom stereocenters. The topological polar surface area (TPSA) is 61.8 Å². The fraction of sp³-hybridized carbons (Fsp3) is 0.400. The Morgan fingerprint density at radius 1 is 0.840 bits per heavy atom. The molecule has 0 aliphatic carbocycles. The Morgan fingerprint density at radius 2 is 1.44 bits per heavy atom. The van der Waals surface area contributed by atoms with Crippen molar-refractivity contribution >= 4 is 22.7 Å². The second-order valence-electron chi connectivity index (χ2n) is 7.05. The number of carbonyl (C=O) groups excluding carboxylic acids is 2. The minimum absolute atomic E-state index is 0.520. The quantitative estimate of drug-likeness (QED) is 0.626. The van der Waals surface area contributed by atoms with Crippen LogP contribution < -0.4 is 4.74 Å². The zero-order valence-corrected chi connectivity index (χ0v) is 15.5. The third kappa shape index (κ3) is 3.76. The fourth-order valence-electron chi connectivity index (χ4n) is 2.57. The lowest BCUT2D eigenvalue weighted by molar-refractivity contribution is -0.170. The molecule has 0 aliphatic rings. The second kappa shape index (κ2) is 6.75. The van der Waals surface area contributed by atoms with E-state index in [0.717, 1.165) is 16.5 Å². The van der Waals surface area contributed by atoms with E-state index < -0.39 is 23.0 Å². The number of methoxy groups -OCH3 is 2. The van der Waals surface area contributed by atoms with Crippen LogP contribution in [0.4, 0.5) is 0 Å². The zero-order chi connectivity index (χ0) is 18.8. The highest BCUT2D eigenvalue weighted by Crippen LogP contribution is 2.32. The monoisotopic (exact) mass is 344 g/mol. The van der Waals surface area contributed by atoms with Gasteiger partial charge in [-0.3, -0.25) is 9.59 Å². The number of rotatable bonds is 4. The molecule has 0 heterocycles. The molecule has 0 N–H and O–H groups in total. The number of carbonyl (C=O) groups is 2. The molecule has 0 saturated carbocycles. The van der Waals surface area contributed by atoms with Gasteiger partial charge < -0.3 is 14.2 Å². The molecule has 0 bridgehead atoms. The van der Waals surface area contributed by atoms with Crippen LogP contribution >= 0.6 is 0 Å². The summed E-state index contributed by atoms with van der Waals surface area (Å²) in [7, 11) is 2.86. The molecule has 2 aromatic rings. The molecule has 25 heavy (non-hydrogen) atoms. The van der Waals surface area contributed by atoms with Crippen LogP contribution in [0.15, 0.2) is 36.4 Å². The minimum atomic E-state index is -1.55. The van der Waals surface area contributed by atoms with Gasteiger partial charge in [-0.25, -0.2) is 0 Å². The summed E-state index contributed by atoms with van der Waals surface area (Å²) in [5, 5.41) is 1.83. The van der Waals surface area contributed by atoms with E-state index in [2.05, 4.69) is 0 Å². The van der Waals surface area contributed by atoms with Crippen molar-refractivity contribution in [3.05, 3.63) is 42.0 Å². The van der Waals surface area contributed by atoms with E-state index >= 15 is 0 Å². The minimum Gasteiger partial charge on any atom is -0.497 e. The van der Waals surface area contributed by atoms with E-state index in [0.29, 0.717) is 5.56 Å². The third-order valence-corrected chi connectivity index (χ3v) is 4.03. The van der Waals surface area contributed by atoms with Crippen LogP contribution in [0.3, 0.4) is 0 Å². The zero-order valence-electron chi connectivity index (χ0n) is 15.5. The summed E-state index contributed by atoms with van der Waals surface area (Å²) in [6.07, 6.45) is 0. The maximum Gasteiger partial charge on any atom is 0.328 e. The van der Waals surface area contributed by atoms with Gasteiger partial charge in [0.2, 0.25) is 0 Å². The standard InChI is InChI=1S/C20H24O5/c1-19(2,3)25-18(22)20(4,17(21)24-6)15-9-7-14-12-16(23-5)10-8-13(14)11-15/h7-12H,1-6H3/t20-/m0/s1. The van der Waals surface area contributed by atoms with Crippen LogP contribution in [0.25, 0.3) is 10.8 Å². The largest absolute Gasteiger partial charge is 0.497 e. The Bertz CT molecular complexity index is 803. The van der Waals surface area contributed by atoms with Crippen molar-refractivity contribution in [3.63, 3.8) is 0 Å². The van der Waals surface area contributed by atoms with Crippen LogP contribution in [-0.4, -0.2) is 31.8 Å².